The third-order valence-electron chi connectivity index (χ3n) is 5.56. The molecule has 4 aromatic rings. The number of aromatic nitrogens is 3. The first-order valence-electron chi connectivity index (χ1n) is 11.1. The first-order chi connectivity index (χ1) is 17.5. The predicted molar refractivity (Wildman–Crippen MR) is 132 cm³/mol. The Morgan fingerprint density at radius 1 is 1.08 bits per heavy atom. The Morgan fingerprint density at radius 2 is 1.83 bits per heavy atom. The van der Waals surface area contributed by atoms with E-state index in [-0.39, 0.29) is 18.4 Å². The number of ether oxygens (including phenoxy) is 2. The molecule has 11 heteroatoms. The standard InChI is InChI=1S/C25H21N5O5S/c1-16(26-24(31)18-7-12-21-22(13-18)35-15-34-21)23-27-28-25(36-14-17-5-3-2-4-6-17)29(23)19-8-10-20(11-9-19)30(32)33/h2-13,16H,14-15H2,1H3,(H,26,31). The summed E-state index contributed by atoms with van der Waals surface area (Å²) in [4.78, 5) is 23.7. The molecule has 10 nitrogen and oxygen atoms in total. The van der Waals surface area contributed by atoms with E-state index in [2.05, 4.69) is 15.5 Å². The van der Waals surface area contributed by atoms with Gasteiger partial charge in [-0.2, -0.15) is 0 Å². The van der Waals surface area contributed by atoms with Crippen molar-refractivity contribution in [3.8, 4) is 17.2 Å². The van der Waals surface area contributed by atoms with Gasteiger partial charge in [0.1, 0.15) is 0 Å². The molecule has 0 spiro atoms. The zero-order valence-electron chi connectivity index (χ0n) is 19.2. The van der Waals surface area contributed by atoms with Gasteiger partial charge in [0.25, 0.3) is 11.6 Å². The number of non-ortho nitro benzene ring substituents is 1. The van der Waals surface area contributed by atoms with E-state index < -0.39 is 11.0 Å². The zero-order valence-corrected chi connectivity index (χ0v) is 20.0. The Morgan fingerprint density at radius 3 is 2.58 bits per heavy atom. The minimum atomic E-state index is -0.517. The molecule has 0 saturated heterocycles. The monoisotopic (exact) mass is 503 g/mol. The van der Waals surface area contributed by atoms with Gasteiger partial charge >= 0.3 is 0 Å². The highest BCUT2D eigenvalue weighted by atomic mass is 32.2. The van der Waals surface area contributed by atoms with Gasteiger partial charge in [0, 0.05) is 29.1 Å². The smallest absolute Gasteiger partial charge is 0.269 e. The van der Waals surface area contributed by atoms with Gasteiger partial charge in [-0.3, -0.25) is 19.5 Å². The number of nitro benzene ring substituents is 1. The molecular formula is C25H21N5O5S. The molecule has 0 fully saturated rings. The lowest BCUT2D eigenvalue weighted by molar-refractivity contribution is -0.384. The summed E-state index contributed by atoms with van der Waals surface area (Å²) in [6, 6.07) is 20.6. The number of nitrogens with zero attached hydrogens (tertiary/aromatic N) is 4. The van der Waals surface area contributed by atoms with Gasteiger partial charge in [-0.1, -0.05) is 42.1 Å². The van der Waals surface area contributed by atoms with E-state index in [1.54, 1.807) is 30.3 Å². The SMILES string of the molecule is CC(NC(=O)c1ccc2c(c1)OCO2)c1nnc(SCc2ccccc2)n1-c1ccc([N+](=O)[O-])cc1. The minimum absolute atomic E-state index is 0.0176. The molecule has 1 N–H and O–H groups in total. The lowest BCUT2D eigenvalue weighted by Gasteiger charge is -2.16. The van der Waals surface area contributed by atoms with Crippen molar-refractivity contribution in [2.24, 2.45) is 0 Å². The number of fused-ring (bicyclic) bond motifs is 1. The zero-order chi connectivity index (χ0) is 25.1. The Hall–Kier alpha value is -4.38. The summed E-state index contributed by atoms with van der Waals surface area (Å²) in [5.74, 6) is 1.96. The molecule has 5 rings (SSSR count). The van der Waals surface area contributed by atoms with Crippen molar-refractivity contribution in [1.82, 2.24) is 20.1 Å². The van der Waals surface area contributed by atoms with Crippen molar-refractivity contribution < 1.29 is 19.2 Å². The molecule has 182 valence electrons. The molecule has 1 atom stereocenters. The van der Waals surface area contributed by atoms with Crippen molar-refractivity contribution in [3.63, 3.8) is 0 Å². The minimum Gasteiger partial charge on any atom is -0.454 e. The number of carbonyl (C=O) groups is 1. The maximum Gasteiger partial charge on any atom is 0.269 e. The first kappa shape index (κ1) is 23.4. The van der Waals surface area contributed by atoms with Gasteiger partial charge in [-0.15, -0.1) is 10.2 Å². The second kappa shape index (κ2) is 10.1. The second-order valence-corrected chi connectivity index (χ2v) is 8.93. The molecule has 1 amide bonds. The van der Waals surface area contributed by atoms with Crippen LogP contribution in [0.2, 0.25) is 0 Å². The van der Waals surface area contributed by atoms with E-state index in [0.717, 1.165) is 5.56 Å². The fourth-order valence-corrected chi connectivity index (χ4v) is 4.64. The first-order valence-corrected chi connectivity index (χ1v) is 12.1. The Bertz CT molecular complexity index is 1410. The van der Waals surface area contributed by atoms with E-state index >= 15 is 0 Å². The topological polar surface area (TPSA) is 121 Å². The number of benzene rings is 3. The molecule has 1 aliphatic rings. The van der Waals surface area contributed by atoms with Crippen LogP contribution in [-0.2, 0) is 5.75 Å². The molecule has 1 aromatic heterocycles. The molecule has 3 aromatic carbocycles. The molecule has 1 unspecified atom stereocenters. The van der Waals surface area contributed by atoms with Crippen LogP contribution in [0.25, 0.3) is 5.69 Å². The maximum absolute atomic E-state index is 13.0. The third-order valence-corrected chi connectivity index (χ3v) is 6.56. The molecule has 36 heavy (non-hydrogen) atoms. The molecule has 0 radical (unpaired) electrons. The fourth-order valence-electron chi connectivity index (χ4n) is 3.73. The van der Waals surface area contributed by atoms with E-state index in [0.29, 0.717) is 39.5 Å². The van der Waals surface area contributed by atoms with E-state index in [1.165, 1.54) is 23.9 Å². The van der Waals surface area contributed by atoms with Crippen LogP contribution in [-0.4, -0.2) is 32.4 Å². The summed E-state index contributed by atoms with van der Waals surface area (Å²) in [6.07, 6.45) is 0. The molecule has 2 heterocycles. The summed E-state index contributed by atoms with van der Waals surface area (Å²) in [7, 11) is 0. The van der Waals surface area contributed by atoms with Crippen molar-refractivity contribution in [1.29, 1.82) is 0 Å². The maximum atomic E-state index is 13.0. The van der Waals surface area contributed by atoms with Gasteiger partial charge in [0.05, 0.1) is 11.0 Å². The lowest BCUT2D eigenvalue weighted by atomic mass is 10.1. The van der Waals surface area contributed by atoms with Crippen LogP contribution >= 0.6 is 11.8 Å². The van der Waals surface area contributed by atoms with Crippen molar-refractivity contribution in [2.75, 3.05) is 6.79 Å². The lowest BCUT2D eigenvalue weighted by Crippen LogP contribution is -2.28. The van der Waals surface area contributed by atoms with Crippen LogP contribution in [0.5, 0.6) is 11.5 Å². The van der Waals surface area contributed by atoms with Gasteiger partial charge < -0.3 is 14.8 Å². The summed E-state index contributed by atoms with van der Waals surface area (Å²) in [6.45, 7) is 1.93. The van der Waals surface area contributed by atoms with Gasteiger partial charge in [0.2, 0.25) is 6.79 Å². The number of nitro groups is 1. The third kappa shape index (κ3) is 4.86. The van der Waals surface area contributed by atoms with E-state index in [9.17, 15) is 14.9 Å². The number of amides is 1. The molecule has 1 aliphatic heterocycles. The number of hydrogen-bond donors (Lipinski definition) is 1. The normalized spacial score (nSPS) is 12.8. The predicted octanol–water partition coefficient (Wildman–Crippen LogP) is 4.69. The van der Waals surface area contributed by atoms with Gasteiger partial charge in [-0.05, 0) is 42.8 Å². The van der Waals surface area contributed by atoms with Crippen LogP contribution in [0.15, 0.2) is 78.0 Å². The van der Waals surface area contributed by atoms with Crippen LogP contribution in [0.1, 0.15) is 34.7 Å². The van der Waals surface area contributed by atoms with Crippen molar-refractivity contribution in [2.45, 2.75) is 23.9 Å². The van der Waals surface area contributed by atoms with Crippen molar-refractivity contribution >= 4 is 23.4 Å². The summed E-state index contributed by atoms with van der Waals surface area (Å²) >= 11 is 1.48. The highest BCUT2D eigenvalue weighted by Gasteiger charge is 2.23. The number of thioether (sulfide) groups is 1. The Kier molecular flexibility index (Phi) is 6.54. The Balaban J connectivity index is 1.42. The average molecular weight is 504 g/mol. The van der Waals surface area contributed by atoms with E-state index in [4.69, 9.17) is 9.47 Å². The van der Waals surface area contributed by atoms with E-state index in [1.807, 2.05) is 41.8 Å². The van der Waals surface area contributed by atoms with Crippen LogP contribution < -0.4 is 14.8 Å². The number of rotatable bonds is 8. The van der Waals surface area contributed by atoms with Gasteiger partial charge in [-0.25, -0.2) is 0 Å². The second-order valence-electron chi connectivity index (χ2n) is 7.99. The number of hydrogen-bond acceptors (Lipinski definition) is 8. The fraction of sp³-hybridized carbons (Fsp3) is 0.160. The van der Waals surface area contributed by atoms with Crippen LogP contribution in [0, 0.1) is 10.1 Å². The highest BCUT2D eigenvalue weighted by molar-refractivity contribution is 7.98. The highest BCUT2D eigenvalue weighted by Crippen LogP contribution is 2.33. The number of nitrogens with one attached hydrogen (secondary N) is 1. The number of carbonyl (C=O) groups excluding carboxylic acids is 1. The quantitative estimate of drug-likeness (QED) is 0.209. The molecule has 0 saturated carbocycles. The molecule has 0 bridgehead atoms. The molecular weight excluding hydrogens is 482 g/mol. The summed E-state index contributed by atoms with van der Waals surface area (Å²) in [5, 5.41) is 23.4. The summed E-state index contributed by atoms with van der Waals surface area (Å²) in [5.41, 5.74) is 2.17. The van der Waals surface area contributed by atoms with Crippen molar-refractivity contribution in [3.05, 3.63) is 99.9 Å². The van der Waals surface area contributed by atoms with Crippen LogP contribution in [0.3, 0.4) is 0 Å². The molecule has 0 aliphatic carbocycles. The summed E-state index contributed by atoms with van der Waals surface area (Å²) < 4.78 is 12.5. The average Bonchev–Trinajstić information content (AvgIpc) is 3.54. The Labute approximate surface area is 210 Å². The largest absolute Gasteiger partial charge is 0.454 e. The van der Waals surface area contributed by atoms with Gasteiger partial charge in [0.15, 0.2) is 22.5 Å². The van der Waals surface area contributed by atoms with Crippen LogP contribution in [0.4, 0.5) is 5.69 Å².